The van der Waals surface area contributed by atoms with Gasteiger partial charge < -0.3 is 10.6 Å². The minimum absolute atomic E-state index is 0.320. The summed E-state index contributed by atoms with van der Waals surface area (Å²) in [6.45, 7) is 4.95. The Labute approximate surface area is 105 Å². The molecule has 1 amide bonds. The van der Waals surface area contributed by atoms with Crippen molar-refractivity contribution in [2.24, 2.45) is 23.5 Å². The van der Waals surface area contributed by atoms with Gasteiger partial charge in [-0.25, -0.2) is 0 Å². The number of hydrogen-bond donors (Lipinski definition) is 1. The Morgan fingerprint density at radius 3 is 2.24 bits per heavy atom. The number of piperidine rings is 1. The Morgan fingerprint density at radius 1 is 1.12 bits per heavy atom. The first-order valence-corrected chi connectivity index (χ1v) is 7.19. The Hall–Kier alpha value is -0.570. The third-order valence-electron chi connectivity index (χ3n) is 4.62. The second-order valence-corrected chi connectivity index (χ2v) is 5.96. The van der Waals surface area contributed by atoms with Gasteiger partial charge in [0.1, 0.15) is 0 Å². The van der Waals surface area contributed by atoms with Crippen LogP contribution in [0.4, 0.5) is 0 Å². The number of rotatable bonds is 2. The highest BCUT2D eigenvalue weighted by Crippen LogP contribution is 2.30. The summed E-state index contributed by atoms with van der Waals surface area (Å²) in [4.78, 5) is 14.4. The first-order valence-electron chi connectivity index (χ1n) is 7.19. The summed E-state index contributed by atoms with van der Waals surface area (Å²) in [7, 11) is 0. The van der Waals surface area contributed by atoms with Gasteiger partial charge in [0.15, 0.2) is 0 Å². The zero-order valence-electron chi connectivity index (χ0n) is 11.0. The van der Waals surface area contributed by atoms with Gasteiger partial charge in [0.25, 0.3) is 0 Å². The van der Waals surface area contributed by atoms with Gasteiger partial charge in [-0.2, -0.15) is 0 Å². The predicted molar refractivity (Wildman–Crippen MR) is 69.5 cm³/mol. The fourth-order valence-corrected chi connectivity index (χ4v) is 3.15. The van der Waals surface area contributed by atoms with Crippen LogP contribution >= 0.6 is 0 Å². The van der Waals surface area contributed by atoms with Gasteiger partial charge in [-0.15, -0.1) is 0 Å². The molecule has 1 saturated heterocycles. The summed E-state index contributed by atoms with van der Waals surface area (Å²) in [5.74, 6) is 2.21. The van der Waals surface area contributed by atoms with E-state index in [-0.39, 0.29) is 0 Å². The van der Waals surface area contributed by atoms with Crippen molar-refractivity contribution in [3.8, 4) is 0 Å². The van der Waals surface area contributed by atoms with E-state index in [0.29, 0.717) is 17.7 Å². The number of nitrogens with two attached hydrogens (primary N) is 1. The molecule has 1 saturated carbocycles. The molecule has 1 aliphatic heterocycles. The lowest BCUT2D eigenvalue weighted by atomic mass is 9.82. The first kappa shape index (κ1) is 12.9. The zero-order valence-corrected chi connectivity index (χ0v) is 11.0. The van der Waals surface area contributed by atoms with Gasteiger partial charge in [0.2, 0.25) is 5.91 Å². The third kappa shape index (κ3) is 3.21. The lowest BCUT2D eigenvalue weighted by Crippen LogP contribution is -2.43. The van der Waals surface area contributed by atoms with E-state index in [1.165, 1.54) is 12.8 Å². The fourth-order valence-electron chi connectivity index (χ4n) is 3.15. The Morgan fingerprint density at radius 2 is 1.71 bits per heavy atom. The minimum Gasteiger partial charge on any atom is -0.342 e. The molecule has 0 aromatic carbocycles. The molecule has 0 radical (unpaired) electrons. The third-order valence-corrected chi connectivity index (χ3v) is 4.62. The number of carbonyl (C=O) groups is 1. The van der Waals surface area contributed by atoms with Crippen LogP contribution in [-0.2, 0) is 4.79 Å². The van der Waals surface area contributed by atoms with E-state index in [9.17, 15) is 4.79 Å². The van der Waals surface area contributed by atoms with Crippen molar-refractivity contribution in [1.82, 2.24) is 4.90 Å². The molecule has 1 heterocycles. The topological polar surface area (TPSA) is 46.3 Å². The van der Waals surface area contributed by atoms with Gasteiger partial charge in [0, 0.05) is 19.0 Å². The molecule has 2 rings (SSSR count). The quantitative estimate of drug-likeness (QED) is 0.800. The number of hydrogen-bond acceptors (Lipinski definition) is 2. The maximum atomic E-state index is 12.3. The Balaban J connectivity index is 1.80. The van der Waals surface area contributed by atoms with E-state index in [1.807, 2.05) is 0 Å². The van der Waals surface area contributed by atoms with Crippen LogP contribution < -0.4 is 5.73 Å². The lowest BCUT2D eigenvalue weighted by molar-refractivity contribution is -0.138. The summed E-state index contributed by atoms with van der Waals surface area (Å²) in [5.41, 5.74) is 5.68. The van der Waals surface area contributed by atoms with Crippen molar-refractivity contribution in [2.75, 3.05) is 19.6 Å². The predicted octanol–water partition coefficient (Wildman–Crippen LogP) is 2.01. The van der Waals surface area contributed by atoms with Crippen molar-refractivity contribution in [3.63, 3.8) is 0 Å². The van der Waals surface area contributed by atoms with E-state index in [4.69, 9.17) is 5.73 Å². The summed E-state index contributed by atoms with van der Waals surface area (Å²) in [6, 6.07) is 0. The number of carbonyl (C=O) groups excluding carboxylic acids is 1. The summed E-state index contributed by atoms with van der Waals surface area (Å²) < 4.78 is 0. The molecule has 2 N–H and O–H groups in total. The average molecular weight is 238 g/mol. The van der Waals surface area contributed by atoms with Crippen molar-refractivity contribution >= 4 is 5.91 Å². The SMILES string of the molecule is CC1CCC(C(=O)N2CCC(CN)CC2)CC1. The number of likely N-dealkylation sites (tertiary alicyclic amines) is 1. The summed E-state index contributed by atoms with van der Waals surface area (Å²) in [6.07, 6.45) is 6.88. The molecule has 3 heteroatoms. The smallest absolute Gasteiger partial charge is 0.225 e. The van der Waals surface area contributed by atoms with Gasteiger partial charge >= 0.3 is 0 Å². The van der Waals surface area contributed by atoms with Crippen molar-refractivity contribution in [3.05, 3.63) is 0 Å². The molecule has 0 atom stereocenters. The molecule has 17 heavy (non-hydrogen) atoms. The molecule has 1 aliphatic carbocycles. The average Bonchev–Trinajstić information content (AvgIpc) is 2.39. The molecule has 98 valence electrons. The van der Waals surface area contributed by atoms with E-state index in [2.05, 4.69) is 11.8 Å². The largest absolute Gasteiger partial charge is 0.342 e. The van der Waals surface area contributed by atoms with Gasteiger partial charge in [-0.1, -0.05) is 6.92 Å². The van der Waals surface area contributed by atoms with Crippen LogP contribution in [0.15, 0.2) is 0 Å². The van der Waals surface area contributed by atoms with Gasteiger partial charge in [0.05, 0.1) is 0 Å². The molecule has 0 spiro atoms. The van der Waals surface area contributed by atoms with Crippen LogP contribution in [0.1, 0.15) is 45.4 Å². The maximum absolute atomic E-state index is 12.3. The van der Waals surface area contributed by atoms with Crippen LogP contribution in [0, 0.1) is 17.8 Å². The first-order chi connectivity index (χ1) is 8.20. The molecule has 3 nitrogen and oxygen atoms in total. The second kappa shape index (κ2) is 5.85. The fraction of sp³-hybridized carbons (Fsp3) is 0.929. The lowest BCUT2D eigenvalue weighted by Gasteiger charge is -2.35. The van der Waals surface area contributed by atoms with Crippen LogP contribution in [0.2, 0.25) is 0 Å². The highest BCUT2D eigenvalue weighted by molar-refractivity contribution is 5.79. The van der Waals surface area contributed by atoms with Crippen LogP contribution in [-0.4, -0.2) is 30.4 Å². The minimum atomic E-state index is 0.320. The Kier molecular flexibility index (Phi) is 4.43. The van der Waals surface area contributed by atoms with Crippen LogP contribution in [0.5, 0.6) is 0 Å². The van der Waals surface area contributed by atoms with E-state index < -0.39 is 0 Å². The van der Waals surface area contributed by atoms with E-state index in [1.54, 1.807) is 0 Å². The highest BCUT2D eigenvalue weighted by Gasteiger charge is 2.30. The number of nitrogens with zero attached hydrogens (tertiary/aromatic N) is 1. The monoisotopic (exact) mass is 238 g/mol. The van der Waals surface area contributed by atoms with Gasteiger partial charge in [-0.3, -0.25) is 4.79 Å². The van der Waals surface area contributed by atoms with Crippen molar-refractivity contribution in [2.45, 2.75) is 45.4 Å². The van der Waals surface area contributed by atoms with Crippen LogP contribution in [0.3, 0.4) is 0 Å². The van der Waals surface area contributed by atoms with Crippen molar-refractivity contribution < 1.29 is 4.79 Å². The molecule has 0 unspecified atom stereocenters. The number of amides is 1. The van der Waals surface area contributed by atoms with E-state index in [0.717, 1.165) is 51.2 Å². The molecule has 2 aliphatic rings. The molecular formula is C14H26N2O. The normalized spacial score (nSPS) is 31.5. The molecule has 0 bridgehead atoms. The molecule has 2 fully saturated rings. The standard InChI is InChI=1S/C14H26N2O/c1-11-2-4-13(5-3-11)14(17)16-8-6-12(10-15)7-9-16/h11-13H,2-10,15H2,1H3. The molecule has 0 aromatic heterocycles. The second-order valence-electron chi connectivity index (χ2n) is 5.96. The van der Waals surface area contributed by atoms with Crippen LogP contribution in [0.25, 0.3) is 0 Å². The highest BCUT2D eigenvalue weighted by atomic mass is 16.2. The zero-order chi connectivity index (χ0) is 12.3. The summed E-state index contributed by atoms with van der Waals surface area (Å²) in [5, 5.41) is 0. The maximum Gasteiger partial charge on any atom is 0.225 e. The Bertz CT molecular complexity index is 251. The summed E-state index contributed by atoms with van der Waals surface area (Å²) >= 11 is 0. The molecular weight excluding hydrogens is 212 g/mol. The van der Waals surface area contributed by atoms with Gasteiger partial charge in [-0.05, 0) is 56.9 Å². The van der Waals surface area contributed by atoms with E-state index >= 15 is 0 Å². The molecule has 0 aromatic rings. The van der Waals surface area contributed by atoms with Crippen molar-refractivity contribution in [1.29, 1.82) is 0 Å².